The highest BCUT2D eigenvalue weighted by Gasteiger charge is 2.27. The molecule has 1 heterocycles. The molecule has 1 N–H and O–H groups in total. The molecule has 4 heteroatoms. The molecule has 0 amide bonds. The summed E-state index contributed by atoms with van der Waals surface area (Å²) >= 11 is 6.09. The minimum Gasteiger partial charge on any atom is -0.508 e. The van der Waals surface area contributed by atoms with E-state index in [1.807, 2.05) is 6.07 Å². The lowest BCUT2D eigenvalue weighted by Crippen LogP contribution is -2.41. The van der Waals surface area contributed by atoms with Gasteiger partial charge in [0.2, 0.25) is 0 Å². The monoisotopic (exact) mass is 296 g/mol. The highest BCUT2D eigenvalue weighted by molar-refractivity contribution is 6.30. The Balaban J connectivity index is 2.25. The molecule has 112 valence electrons. The van der Waals surface area contributed by atoms with Crippen molar-refractivity contribution >= 4 is 11.6 Å². The normalized spacial score (nSPS) is 23.5. The third-order valence-corrected chi connectivity index (χ3v) is 4.59. The van der Waals surface area contributed by atoms with Gasteiger partial charge >= 0.3 is 0 Å². The van der Waals surface area contributed by atoms with E-state index in [0.29, 0.717) is 16.8 Å². The molecule has 20 heavy (non-hydrogen) atoms. The van der Waals surface area contributed by atoms with Crippen LogP contribution in [0.15, 0.2) is 18.2 Å². The van der Waals surface area contributed by atoms with Crippen LogP contribution >= 0.6 is 11.6 Å². The van der Waals surface area contributed by atoms with Crippen LogP contribution in [0.4, 0.5) is 0 Å². The number of hydrogen-bond acceptors (Lipinski definition) is 3. The predicted molar refractivity (Wildman–Crippen MR) is 84.4 cm³/mol. The van der Waals surface area contributed by atoms with Crippen LogP contribution in [0, 0.1) is 0 Å². The zero-order chi connectivity index (χ0) is 14.7. The summed E-state index contributed by atoms with van der Waals surface area (Å²) in [5.41, 5.74) is 0.931. The number of phenolic OH excluding ortho intramolecular Hbond substituents is 1. The maximum atomic E-state index is 10.1. The summed E-state index contributed by atoms with van der Waals surface area (Å²) in [6, 6.07) is 6.03. The molecule has 0 bridgehead atoms. The lowest BCUT2D eigenvalue weighted by atomic mass is 10.0. The Kier molecular flexibility index (Phi) is 5.30. The van der Waals surface area contributed by atoms with Gasteiger partial charge in [-0.1, -0.05) is 18.5 Å². The van der Waals surface area contributed by atoms with Gasteiger partial charge in [-0.2, -0.15) is 0 Å². The Hall–Kier alpha value is -0.770. The summed E-state index contributed by atoms with van der Waals surface area (Å²) in [6.45, 7) is 7.69. The van der Waals surface area contributed by atoms with E-state index in [9.17, 15) is 5.11 Å². The van der Waals surface area contributed by atoms with Crippen LogP contribution in [0.3, 0.4) is 0 Å². The topological polar surface area (TPSA) is 26.7 Å². The van der Waals surface area contributed by atoms with Crippen LogP contribution in [0.25, 0.3) is 0 Å². The first-order valence-corrected chi connectivity index (χ1v) is 7.83. The van der Waals surface area contributed by atoms with E-state index < -0.39 is 0 Å². The van der Waals surface area contributed by atoms with E-state index in [2.05, 4.69) is 30.7 Å². The summed E-state index contributed by atoms with van der Waals surface area (Å²) < 4.78 is 0. The fourth-order valence-corrected chi connectivity index (χ4v) is 3.35. The molecule has 3 nitrogen and oxygen atoms in total. The van der Waals surface area contributed by atoms with Crippen molar-refractivity contribution in [2.45, 2.75) is 38.8 Å². The Morgan fingerprint density at radius 2 is 2.15 bits per heavy atom. The van der Waals surface area contributed by atoms with E-state index in [1.54, 1.807) is 12.1 Å². The smallest absolute Gasteiger partial charge is 0.120 e. The zero-order valence-electron chi connectivity index (χ0n) is 12.6. The average molecular weight is 297 g/mol. The highest BCUT2D eigenvalue weighted by atomic mass is 35.5. The van der Waals surface area contributed by atoms with Crippen LogP contribution < -0.4 is 0 Å². The van der Waals surface area contributed by atoms with Gasteiger partial charge in [-0.3, -0.25) is 4.90 Å². The van der Waals surface area contributed by atoms with Gasteiger partial charge < -0.3 is 10.0 Å². The number of rotatable bonds is 3. The van der Waals surface area contributed by atoms with E-state index in [4.69, 9.17) is 11.6 Å². The van der Waals surface area contributed by atoms with Gasteiger partial charge in [0.1, 0.15) is 5.75 Å². The van der Waals surface area contributed by atoms with Crippen molar-refractivity contribution in [2.24, 2.45) is 0 Å². The molecular formula is C16H25ClN2O. The molecule has 2 rings (SSSR count). The molecule has 2 atom stereocenters. The standard InChI is InChI=1S/C16H25ClN2O/c1-4-14-11-18(3)8-5-9-19(14)12(2)15-10-13(17)6-7-16(15)20/h6-7,10,12,14,20H,4-5,8-9,11H2,1-3H3. The number of phenols is 1. The van der Waals surface area contributed by atoms with Gasteiger partial charge in [-0.25, -0.2) is 0 Å². The lowest BCUT2D eigenvalue weighted by Gasteiger charge is -2.35. The van der Waals surface area contributed by atoms with E-state index in [1.165, 1.54) is 6.42 Å². The van der Waals surface area contributed by atoms with Gasteiger partial charge in [0, 0.05) is 35.8 Å². The number of likely N-dealkylation sites (N-methyl/N-ethyl adjacent to an activating group) is 1. The molecule has 1 aliphatic rings. The molecule has 1 fully saturated rings. The van der Waals surface area contributed by atoms with Crippen molar-refractivity contribution in [2.75, 3.05) is 26.7 Å². The van der Waals surface area contributed by atoms with Crippen LogP contribution in [-0.4, -0.2) is 47.6 Å². The first kappa shape index (κ1) is 15.6. The summed E-state index contributed by atoms with van der Waals surface area (Å²) in [7, 11) is 2.19. The first-order valence-electron chi connectivity index (χ1n) is 7.45. The third kappa shape index (κ3) is 3.46. The SMILES string of the molecule is CCC1CN(C)CCCN1C(C)c1cc(Cl)ccc1O. The fraction of sp³-hybridized carbons (Fsp3) is 0.625. The first-order chi connectivity index (χ1) is 9.52. The van der Waals surface area contributed by atoms with Crippen molar-refractivity contribution in [1.82, 2.24) is 9.80 Å². The maximum Gasteiger partial charge on any atom is 0.120 e. The summed E-state index contributed by atoms with van der Waals surface area (Å²) in [6.07, 6.45) is 2.29. The molecular weight excluding hydrogens is 272 g/mol. The lowest BCUT2D eigenvalue weighted by molar-refractivity contribution is 0.135. The van der Waals surface area contributed by atoms with Gasteiger partial charge in [0.25, 0.3) is 0 Å². The molecule has 0 aromatic heterocycles. The van der Waals surface area contributed by atoms with Crippen molar-refractivity contribution in [1.29, 1.82) is 0 Å². The number of hydrogen-bond donors (Lipinski definition) is 1. The van der Waals surface area contributed by atoms with Crippen molar-refractivity contribution in [3.8, 4) is 5.75 Å². The van der Waals surface area contributed by atoms with Crippen molar-refractivity contribution < 1.29 is 5.11 Å². The second-order valence-electron chi connectivity index (χ2n) is 5.79. The molecule has 1 aromatic rings. The molecule has 0 radical (unpaired) electrons. The number of halogens is 1. The minimum atomic E-state index is 0.185. The van der Waals surface area contributed by atoms with Crippen LogP contribution in [0.5, 0.6) is 5.75 Å². The third-order valence-electron chi connectivity index (χ3n) is 4.36. The Morgan fingerprint density at radius 3 is 2.85 bits per heavy atom. The summed E-state index contributed by atoms with van der Waals surface area (Å²) in [4.78, 5) is 4.91. The van der Waals surface area contributed by atoms with E-state index in [-0.39, 0.29) is 6.04 Å². The number of benzene rings is 1. The van der Waals surface area contributed by atoms with E-state index in [0.717, 1.165) is 31.6 Å². The van der Waals surface area contributed by atoms with Gasteiger partial charge in [-0.15, -0.1) is 0 Å². The number of aromatic hydroxyl groups is 1. The second kappa shape index (κ2) is 6.79. The Labute approximate surface area is 127 Å². The molecule has 2 unspecified atom stereocenters. The predicted octanol–water partition coefficient (Wildman–Crippen LogP) is 3.52. The zero-order valence-corrected chi connectivity index (χ0v) is 13.4. The molecule has 0 spiro atoms. The summed E-state index contributed by atoms with van der Waals surface area (Å²) in [5, 5.41) is 10.8. The number of nitrogens with zero attached hydrogens (tertiary/aromatic N) is 2. The molecule has 1 saturated heterocycles. The Bertz CT molecular complexity index is 452. The van der Waals surface area contributed by atoms with Gasteiger partial charge in [0.05, 0.1) is 0 Å². The largest absolute Gasteiger partial charge is 0.508 e. The maximum absolute atomic E-state index is 10.1. The molecule has 1 aromatic carbocycles. The van der Waals surface area contributed by atoms with Gasteiger partial charge in [0.15, 0.2) is 0 Å². The second-order valence-corrected chi connectivity index (χ2v) is 6.23. The van der Waals surface area contributed by atoms with Crippen molar-refractivity contribution in [3.63, 3.8) is 0 Å². The van der Waals surface area contributed by atoms with Gasteiger partial charge in [-0.05, 0) is 51.6 Å². The quantitative estimate of drug-likeness (QED) is 0.924. The van der Waals surface area contributed by atoms with Crippen LogP contribution in [-0.2, 0) is 0 Å². The van der Waals surface area contributed by atoms with Crippen LogP contribution in [0.1, 0.15) is 38.3 Å². The van der Waals surface area contributed by atoms with Crippen LogP contribution in [0.2, 0.25) is 5.02 Å². The highest BCUT2D eigenvalue weighted by Crippen LogP contribution is 2.33. The minimum absolute atomic E-state index is 0.185. The molecule has 1 aliphatic heterocycles. The van der Waals surface area contributed by atoms with E-state index >= 15 is 0 Å². The molecule has 0 saturated carbocycles. The summed E-state index contributed by atoms with van der Waals surface area (Å²) in [5.74, 6) is 0.342. The van der Waals surface area contributed by atoms with Crippen molar-refractivity contribution in [3.05, 3.63) is 28.8 Å². The average Bonchev–Trinajstić information content (AvgIpc) is 2.62. The Morgan fingerprint density at radius 1 is 1.40 bits per heavy atom. The molecule has 0 aliphatic carbocycles. The fourth-order valence-electron chi connectivity index (χ4n) is 3.17.